The molecule has 5 atom stereocenters. The van der Waals surface area contributed by atoms with Gasteiger partial charge >= 0.3 is 12.2 Å². The Morgan fingerprint density at radius 1 is 0.821 bits per heavy atom. The Bertz CT molecular complexity index is 1970. The first-order valence-electron chi connectivity index (χ1n) is 23.8. The topological polar surface area (TPSA) is 208 Å². The molecule has 0 aromatic heterocycles. The minimum Gasteiger partial charge on any atom is -0.445 e. The molecule has 0 spiro atoms. The van der Waals surface area contributed by atoms with Crippen LogP contribution < -0.4 is 26.6 Å². The van der Waals surface area contributed by atoms with Crippen molar-refractivity contribution in [2.45, 2.75) is 174 Å². The van der Waals surface area contributed by atoms with Gasteiger partial charge in [0.05, 0.1) is 12.0 Å². The zero-order chi connectivity index (χ0) is 49.5. The van der Waals surface area contributed by atoms with Crippen LogP contribution in [0.15, 0.2) is 72.8 Å². The highest BCUT2D eigenvalue weighted by Gasteiger charge is 2.46. The molecule has 2 fully saturated rings. The molecule has 2 heterocycles. The number of rotatable bonds is 20. The second-order valence-corrected chi connectivity index (χ2v) is 20.7. The summed E-state index contributed by atoms with van der Waals surface area (Å²) >= 11 is 0. The highest BCUT2D eigenvalue weighted by molar-refractivity contribution is 5.94. The number of hydrogen-bond donors (Lipinski definition) is 6. The van der Waals surface area contributed by atoms with Crippen molar-refractivity contribution < 1.29 is 43.4 Å². The molecule has 0 radical (unpaired) electrons. The molecule has 370 valence electrons. The van der Waals surface area contributed by atoms with Gasteiger partial charge in [-0.1, -0.05) is 86.7 Å². The van der Waals surface area contributed by atoms with Gasteiger partial charge in [0.1, 0.15) is 30.3 Å². The lowest BCUT2D eigenvalue weighted by Crippen LogP contribution is -2.64. The van der Waals surface area contributed by atoms with Crippen LogP contribution in [0.2, 0.25) is 0 Å². The number of amides is 6. The third-order valence-corrected chi connectivity index (χ3v) is 12.0. The van der Waals surface area contributed by atoms with E-state index in [1.807, 2.05) is 114 Å². The van der Waals surface area contributed by atoms with Crippen molar-refractivity contribution in [2.24, 2.45) is 11.8 Å². The molecule has 4 rings (SSSR count). The fraction of sp³-hybridized carbons (Fsp3) is 0.608. The number of likely N-dealkylation sites (tertiary alicyclic amines) is 1. The summed E-state index contributed by atoms with van der Waals surface area (Å²) in [5.74, 6) is -2.19. The van der Waals surface area contributed by atoms with Crippen molar-refractivity contribution in [3.05, 3.63) is 83.9 Å². The maximum Gasteiger partial charge on any atom is 0.408 e. The quantitative estimate of drug-likeness (QED) is 0.0623. The molecular weight excluding hydrogens is 855 g/mol. The smallest absolute Gasteiger partial charge is 0.408 e. The van der Waals surface area contributed by atoms with Gasteiger partial charge < -0.3 is 46.2 Å². The molecule has 2 aromatic rings. The van der Waals surface area contributed by atoms with E-state index in [1.54, 1.807) is 25.7 Å². The first-order valence-corrected chi connectivity index (χ1v) is 23.8. The average molecular weight is 932 g/mol. The summed E-state index contributed by atoms with van der Waals surface area (Å²) in [5.41, 5.74) is -0.186. The highest BCUT2D eigenvalue weighted by Crippen LogP contribution is 2.36. The molecule has 0 saturated carbocycles. The summed E-state index contributed by atoms with van der Waals surface area (Å²) in [6.07, 6.45) is 5.84. The lowest BCUT2D eigenvalue weighted by molar-refractivity contribution is -0.246. The van der Waals surface area contributed by atoms with E-state index in [9.17, 15) is 34.0 Å². The number of nitrogens with zero attached hydrogens (tertiary/aromatic N) is 2. The highest BCUT2D eigenvalue weighted by atomic mass is 16.6. The Hall–Kier alpha value is -5.48. The second-order valence-electron chi connectivity index (χ2n) is 20.7. The van der Waals surface area contributed by atoms with E-state index in [0.717, 1.165) is 11.1 Å². The van der Waals surface area contributed by atoms with Crippen molar-refractivity contribution >= 4 is 35.8 Å². The van der Waals surface area contributed by atoms with Gasteiger partial charge in [-0.25, -0.2) is 9.59 Å². The zero-order valence-electron chi connectivity index (χ0n) is 41.4. The number of hydroxylamine groups is 2. The van der Waals surface area contributed by atoms with Gasteiger partial charge in [0.25, 0.3) is 0 Å². The fourth-order valence-corrected chi connectivity index (χ4v) is 8.93. The van der Waals surface area contributed by atoms with Crippen LogP contribution >= 0.6 is 0 Å². The molecule has 16 heteroatoms. The molecule has 67 heavy (non-hydrogen) atoms. The van der Waals surface area contributed by atoms with E-state index >= 15 is 0 Å². The number of ether oxygens (including phenoxy) is 2. The molecule has 0 unspecified atom stereocenters. The summed E-state index contributed by atoms with van der Waals surface area (Å²) < 4.78 is 10.8. The SMILES string of the molecule is CC(C)C[C@@H](/C=C/[C@H](Cc1ccccc1)C(=O)N1CCC[C@H]1C(=O)N[C@@H](C)C(=O)N[C@@H](CCCNC(=O)OCc1ccccc1)C(=O)NC1CC(C)(C)N(O)C(C)(C)C1)NC(=O)OC(C)(C)C. The van der Waals surface area contributed by atoms with E-state index < -0.39 is 76.7 Å². The van der Waals surface area contributed by atoms with E-state index in [4.69, 9.17) is 9.47 Å². The number of alkyl carbamates (subject to hydrolysis) is 2. The molecular formula is C51H77N7O9. The van der Waals surface area contributed by atoms with Crippen LogP contribution in [-0.2, 0) is 41.7 Å². The maximum atomic E-state index is 14.5. The Labute approximate surface area is 397 Å². The number of nitrogens with one attached hydrogen (secondary N) is 5. The van der Waals surface area contributed by atoms with Crippen LogP contribution in [0.1, 0.15) is 125 Å². The third-order valence-electron chi connectivity index (χ3n) is 12.0. The van der Waals surface area contributed by atoms with E-state index in [2.05, 4.69) is 26.6 Å². The molecule has 6 N–H and O–H groups in total. The van der Waals surface area contributed by atoms with E-state index in [0.29, 0.717) is 51.5 Å². The van der Waals surface area contributed by atoms with Gasteiger partial charge in [-0.05, 0) is 124 Å². The molecule has 2 aliphatic heterocycles. The van der Waals surface area contributed by atoms with Crippen LogP contribution in [0.3, 0.4) is 0 Å². The Balaban J connectivity index is 1.45. The van der Waals surface area contributed by atoms with Crippen molar-refractivity contribution in [2.75, 3.05) is 13.1 Å². The first kappa shape index (κ1) is 54.1. The van der Waals surface area contributed by atoms with Gasteiger partial charge in [-0.3, -0.25) is 19.2 Å². The summed E-state index contributed by atoms with van der Waals surface area (Å²) in [6.45, 7) is 19.2. The van der Waals surface area contributed by atoms with Crippen LogP contribution in [0, 0.1) is 11.8 Å². The minimum atomic E-state index is -1.07. The van der Waals surface area contributed by atoms with E-state index in [1.165, 1.54) is 12.0 Å². The predicted molar refractivity (Wildman–Crippen MR) is 256 cm³/mol. The standard InChI is InChI=1S/C51H77N7O9/c1-34(2)29-39(55-48(64)67-49(4,5)6)26-25-38(30-36-19-13-11-14-20-36)46(62)57-28-18-24-42(57)45(61)53-35(3)43(59)56-41(23-17-27-52-47(63)66-33-37-21-15-12-16-22-37)44(60)54-40-31-50(7,8)58(65)51(9,10)32-40/h11-16,19-22,25-26,34-35,38-42,65H,17-18,23-24,27-33H2,1-10H3,(H,52,63)(H,53,61)(H,54,60)(H,55,64)(H,56,59)/b26-25+/t35-,38+,39+,41-,42-/m0/s1. The predicted octanol–water partition coefficient (Wildman–Crippen LogP) is 6.56. The van der Waals surface area contributed by atoms with Crippen LogP contribution in [0.5, 0.6) is 0 Å². The Morgan fingerprint density at radius 3 is 2.03 bits per heavy atom. The number of hydrogen-bond acceptors (Lipinski definition) is 10. The van der Waals surface area contributed by atoms with Gasteiger partial charge in [-0.2, -0.15) is 5.06 Å². The van der Waals surface area contributed by atoms with Crippen molar-refractivity contribution in [1.82, 2.24) is 36.5 Å². The largest absolute Gasteiger partial charge is 0.445 e. The molecule has 2 aromatic carbocycles. The zero-order valence-corrected chi connectivity index (χ0v) is 41.4. The number of benzene rings is 2. The molecule has 0 bridgehead atoms. The second kappa shape index (κ2) is 24.5. The fourth-order valence-electron chi connectivity index (χ4n) is 8.93. The summed E-state index contributed by atoms with van der Waals surface area (Å²) in [6, 6.07) is 15.2. The molecule has 2 aliphatic rings. The van der Waals surface area contributed by atoms with Crippen molar-refractivity contribution in [3.63, 3.8) is 0 Å². The maximum absolute atomic E-state index is 14.5. The third kappa shape index (κ3) is 17.6. The van der Waals surface area contributed by atoms with Crippen LogP contribution in [-0.4, -0.2) is 111 Å². The Kier molecular flexibility index (Phi) is 19.8. The summed E-state index contributed by atoms with van der Waals surface area (Å²) in [4.78, 5) is 83.1. The molecule has 16 nitrogen and oxygen atoms in total. The normalized spacial score (nSPS) is 19.2. The molecule has 0 aliphatic carbocycles. The number of carbonyl (C=O) groups excluding carboxylic acids is 6. The van der Waals surface area contributed by atoms with Gasteiger partial charge in [0.15, 0.2) is 0 Å². The number of carbonyl (C=O) groups is 6. The van der Waals surface area contributed by atoms with Crippen LogP contribution in [0.25, 0.3) is 0 Å². The number of piperidine rings is 1. The van der Waals surface area contributed by atoms with Crippen LogP contribution in [0.4, 0.5) is 9.59 Å². The van der Waals surface area contributed by atoms with Gasteiger partial charge in [-0.15, -0.1) is 0 Å². The average Bonchev–Trinajstić information content (AvgIpc) is 3.74. The minimum absolute atomic E-state index is 0.1000. The molecule has 2 saturated heterocycles. The summed E-state index contributed by atoms with van der Waals surface area (Å²) in [7, 11) is 0. The first-order chi connectivity index (χ1) is 31.4. The van der Waals surface area contributed by atoms with E-state index in [-0.39, 0.29) is 37.4 Å². The monoisotopic (exact) mass is 932 g/mol. The van der Waals surface area contributed by atoms with Crippen molar-refractivity contribution in [1.29, 1.82) is 0 Å². The Morgan fingerprint density at radius 2 is 1.43 bits per heavy atom. The lowest BCUT2D eigenvalue weighted by Gasteiger charge is -2.51. The lowest BCUT2D eigenvalue weighted by atomic mass is 9.79. The van der Waals surface area contributed by atoms with Crippen molar-refractivity contribution in [3.8, 4) is 0 Å². The van der Waals surface area contributed by atoms with Gasteiger partial charge in [0.2, 0.25) is 23.6 Å². The van der Waals surface area contributed by atoms with Gasteiger partial charge in [0, 0.05) is 30.2 Å². The molecule has 6 amide bonds. The summed E-state index contributed by atoms with van der Waals surface area (Å²) in [5, 5.41) is 26.5.